The summed E-state index contributed by atoms with van der Waals surface area (Å²) in [6.07, 6.45) is 7.14. The molecular weight excluding hydrogens is 276 g/mol. The van der Waals surface area contributed by atoms with Crippen LogP contribution >= 0.6 is 0 Å². The molecule has 0 amide bonds. The zero-order valence-corrected chi connectivity index (χ0v) is 12.5. The second-order valence-corrected chi connectivity index (χ2v) is 7.05. The largest absolute Gasteiger partial charge is 0.308 e. The Bertz CT molecular complexity index is 524. The molecule has 1 fully saturated rings. The van der Waals surface area contributed by atoms with Crippen molar-refractivity contribution in [3.63, 3.8) is 0 Å². The van der Waals surface area contributed by atoms with E-state index in [9.17, 15) is 8.42 Å². The van der Waals surface area contributed by atoms with Crippen LogP contribution < -0.4 is 16.0 Å². The van der Waals surface area contributed by atoms with Crippen LogP contribution in [0.1, 0.15) is 39.0 Å². The third-order valence-corrected chi connectivity index (χ3v) is 5.44. The monoisotopic (exact) mass is 298 g/mol. The number of pyridine rings is 1. The van der Waals surface area contributed by atoms with Gasteiger partial charge in [0.05, 0.1) is 0 Å². The molecule has 2 rings (SSSR count). The fourth-order valence-electron chi connectivity index (χ4n) is 2.67. The number of hydrogen-bond acceptors (Lipinski definition) is 5. The average molecular weight is 298 g/mol. The van der Waals surface area contributed by atoms with E-state index < -0.39 is 10.0 Å². The number of nitrogen functional groups attached to an aromatic ring is 1. The molecule has 0 aromatic carbocycles. The topological polar surface area (TPSA) is 97.1 Å². The van der Waals surface area contributed by atoms with Crippen molar-refractivity contribution in [1.82, 2.24) is 9.71 Å². The third-order valence-electron chi connectivity index (χ3n) is 3.89. The molecule has 1 saturated carbocycles. The van der Waals surface area contributed by atoms with E-state index in [-0.39, 0.29) is 10.9 Å². The SMILES string of the molecule is CC(NS(=O)(=O)c1ccc(NN)nc1)C1CCCCC1. The Kier molecular flexibility index (Phi) is 4.95. The van der Waals surface area contributed by atoms with Crippen molar-refractivity contribution in [1.29, 1.82) is 0 Å². The van der Waals surface area contributed by atoms with Crippen molar-refractivity contribution in [2.24, 2.45) is 11.8 Å². The molecule has 0 bridgehead atoms. The normalized spacial score (nSPS) is 18.7. The minimum atomic E-state index is -3.51. The first kappa shape index (κ1) is 15.2. The molecule has 20 heavy (non-hydrogen) atoms. The average Bonchev–Trinajstić information content (AvgIpc) is 2.48. The Morgan fingerprint density at radius 1 is 1.30 bits per heavy atom. The van der Waals surface area contributed by atoms with E-state index in [0.717, 1.165) is 12.8 Å². The number of sulfonamides is 1. The number of rotatable bonds is 5. The summed E-state index contributed by atoms with van der Waals surface area (Å²) < 4.78 is 27.3. The van der Waals surface area contributed by atoms with E-state index in [2.05, 4.69) is 15.1 Å². The van der Waals surface area contributed by atoms with Crippen molar-refractivity contribution in [3.8, 4) is 0 Å². The van der Waals surface area contributed by atoms with Crippen molar-refractivity contribution in [3.05, 3.63) is 18.3 Å². The highest BCUT2D eigenvalue weighted by Gasteiger charge is 2.25. The summed E-state index contributed by atoms with van der Waals surface area (Å²) in [5.74, 6) is 6.07. The predicted molar refractivity (Wildman–Crippen MR) is 78.4 cm³/mol. The van der Waals surface area contributed by atoms with E-state index in [1.54, 1.807) is 6.07 Å². The Morgan fingerprint density at radius 3 is 2.55 bits per heavy atom. The lowest BCUT2D eigenvalue weighted by atomic mass is 9.85. The maximum absolute atomic E-state index is 12.3. The highest BCUT2D eigenvalue weighted by molar-refractivity contribution is 7.89. The summed E-state index contributed by atoms with van der Waals surface area (Å²) in [4.78, 5) is 4.09. The smallest absolute Gasteiger partial charge is 0.242 e. The van der Waals surface area contributed by atoms with Crippen LogP contribution in [0.4, 0.5) is 5.82 Å². The summed E-state index contributed by atoms with van der Waals surface area (Å²) in [5, 5.41) is 0. The fraction of sp³-hybridized carbons (Fsp3) is 0.615. The van der Waals surface area contributed by atoms with Gasteiger partial charge >= 0.3 is 0 Å². The van der Waals surface area contributed by atoms with Crippen LogP contribution in [0.15, 0.2) is 23.2 Å². The maximum atomic E-state index is 12.3. The van der Waals surface area contributed by atoms with Gasteiger partial charge in [0, 0.05) is 12.2 Å². The third kappa shape index (κ3) is 3.68. The first-order chi connectivity index (χ1) is 9.53. The summed E-state index contributed by atoms with van der Waals surface area (Å²) >= 11 is 0. The van der Waals surface area contributed by atoms with Gasteiger partial charge in [-0.25, -0.2) is 24.0 Å². The second kappa shape index (κ2) is 6.51. The summed E-state index contributed by atoms with van der Waals surface area (Å²) in [6, 6.07) is 2.99. The van der Waals surface area contributed by atoms with Gasteiger partial charge in [0.2, 0.25) is 10.0 Å². The standard InChI is InChI=1S/C13H22N4O2S/c1-10(11-5-3-2-4-6-11)17-20(18,19)12-7-8-13(16-14)15-9-12/h7-11,17H,2-6,14H2,1H3,(H,15,16). The van der Waals surface area contributed by atoms with Crippen LogP contribution in [0.2, 0.25) is 0 Å². The Labute approximate surface area is 120 Å². The lowest BCUT2D eigenvalue weighted by Gasteiger charge is -2.28. The van der Waals surface area contributed by atoms with Crippen LogP contribution in [0.5, 0.6) is 0 Å². The number of nitrogens with zero attached hydrogens (tertiary/aromatic N) is 1. The van der Waals surface area contributed by atoms with Crippen molar-refractivity contribution < 1.29 is 8.42 Å². The molecule has 4 N–H and O–H groups in total. The fourth-order valence-corrected chi connectivity index (χ4v) is 3.92. The molecule has 7 heteroatoms. The maximum Gasteiger partial charge on any atom is 0.242 e. The van der Waals surface area contributed by atoms with E-state index >= 15 is 0 Å². The van der Waals surface area contributed by atoms with Crippen LogP contribution in [0.3, 0.4) is 0 Å². The van der Waals surface area contributed by atoms with Gasteiger partial charge in [-0.1, -0.05) is 19.3 Å². The molecule has 1 atom stereocenters. The molecule has 0 spiro atoms. The molecule has 0 aliphatic heterocycles. The van der Waals surface area contributed by atoms with Gasteiger partial charge in [-0.15, -0.1) is 0 Å². The minimum Gasteiger partial charge on any atom is -0.308 e. The van der Waals surface area contributed by atoms with E-state index in [4.69, 9.17) is 5.84 Å². The highest BCUT2D eigenvalue weighted by Crippen LogP contribution is 2.27. The molecular formula is C13H22N4O2S. The van der Waals surface area contributed by atoms with Crippen molar-refractivity contribution in [2.75, 3.05) is 5.43 Å². The Balaban J connectivity index is 2.05. The van der Waals surface area contributed by atoms with Gasteiger partial charge in [0.1, 0.15) is 10.7 Å². The second-order valence-electron chi connectivity index (χ2n) is 5.33. The van der Waals surface area contributed by atoms with Gasteiger partial charge in [0.25, 0.3) is 0 Å². The molecule has 0 radical (unpaired) electrons. The molecule has 6 nitrogen and oxygen atoms in total. The van der Waals surface area contributed by atoms with Crippen molar-refractivity contribution in [2.45, 2.75) is 50.0 Å². The van der Waals surface area contributed by atoms with Gasteiger partial charge in [0.15, 0.2) is 0 Å². The summed E-state index contributed by atoms with van der Waals surface area (Å²) in [6.45, 7) is 1.94. The van der Waals surface area contributed by atoms with E-state index in [1.807, 2.05) is 6.92 Å². The summed E-state index contributed by atoms with van der Waals surface area (Å²) in [7, 11) is -3.51. The number of aromatic nitrogens is 1. The zero-order valence-electron chi connectivity index (χ0n) is 11.7. The Hall–Kier alpha value is -1.18. The molecule has 1 aliphatic rings. The molecule has 1 aliphatic carbocycles. The van der Waals surface area contributed by atoms with Gasteiger partial charge < -0.3 is 5.43 Å². The van der Waals surface area contributed by atoms with Crippen LogP contribution in [-0.2, 0) is 10.0 Å². The molecule has 1 heterocycles. The number of nitrogens with one attached hydrogen (secondary N) is 2. The number of hydrazine groups is 1. The lowest BCUT2D eigenvalue weighted by Crippen LogP contribution is -2.38. The predicted octanol–water partition coefficient (Wildman–Crippen LogP) is 1.61. The first-order valence-corrected chi connectivity index (χ1v) is 8.46. The zero-order chi connectivity index (χ0) is 14.6. The van der Waals surface area contributed by atoms with Crippen LogP contribution in [0, 0.1) is 5.92 Å². The molecule has 112 valence electrons. The quantitative estimate of drug-likeness (QED) is 0.567. The highest BCUT2D eigenvalue weighted by atomic mass is 32.2. The van der Waals surface area contributed by atoms with E-state index in [1.165, 1.54) is 31.5 Å². The number of nitrogens with two attached hydrogens (primary N) is 1. The number of anilines is 1. The summed E-state index contributed by atoms with van der Waals surface area (Å²) in [5.41, 5.74) is 2.37. The van der Waals surface area contributed by atoms with Gasteiger partial charge in [-0.05, 0) is 37.8 Å². The van der Waals surface area contributed by atoms with Gasteiger partial charge in [-0.2, -0.15) is 0 Å². The first-order valence-electron chi connectivity index (χ1n) is 6.98. The Morgan fingerprint density at radius 2 is 2.00 bits per heavy atom. The number of hydrogen-bond donors (Lipinski definition) is 3. The van der Waals surface area contributed by atoms with Crippen LogP contribution in [0.25, 0.3) is 0 Å². The van der Waals surface area contributed by atoms with Crippen molar-refractivity contribution >= 4 is 15.8 Å². The lowest BCUT2D eigenvalue weighted by molar-refractivity contribution is 0.303. The molecule has 1 unspecified atom stereocenters. The molecule has 1 aromatic heterocycles. The minimum absolute atomic E-state index is 0.0485. The van der Waals surface area contributed by atoms with Crippen LogP contribution in [-0.4, -0.2) is 19.4 Å². The molecule has 1 aromatic rings. The van der Waals surface area contributed by atoms with E-state index in [0.29, 0.717) is 11.7 Å². The molecule has 0 saturated heterocycles. The van der Waals surface area contributed by atoms with Gasteiger partial charge in [-0.3, -0.25) is 0 Å².